The summed E-state index contributed by atoms with van der Waals surface area (Å²) in [5.74, 6) is 0.363. The van der Waals surface area contributed by atoms with Gasteiger partial charge in [-0.1, -0.05) is 255 Å². The van der Waals surface area contributed by atoms with Crippen molar-refractivity contribution < 1.29 is 36.4 Å². The Balaban J connectivity index is 0.000000399. The Kier molecular flexibility index (Phi) is 16.4. The van der Waals surface area contributed by atoms with Crippen molar-refractivity contribution in [2.45, 2.75) is 0 Å². The SMILES string of the molecule is Oc1c([Si](c2ccccc2)(c2ccccc2)c2ccccc2)cc2ccccc2c1-c1c(O)c([Si](c2ccccc2)(c2ccccc2)c2ccccc2)cc2ccccc12.[CH2-]c1ccccc1.[CH2-]c1ccccc1.[Zr+2]. The van der Waals surface area contributed by atoms with Crippen LogP contribution in [0, 0.1) is 13.8 Å². The Morgan fingerprint density at radius 3 is 0.667 bits per heavy atom. The molecule has 0 spiro atoms. The minimum absolute atomic E-state index is 0. The molecule has 0 amide bonds. The summed E-state index contributed by atoms with van der Waals surface area (Å²) in [4.78, 5) is 0. The van der Waals surface area contributed by atoms with Crippen LogP contribution in [0.5, 0.6) is 11.5 Å². The van der Waals surface area contributed by atoms with Crippen molar-refractivity contribution in [1.29, 1.82) is 0 Å². The van der Waals surface area contributed by atoms with E-state index in [9.17, 15) is 10.2 Å². The van der Waals surface area contributed by atoms with Crippen molar-refractivity contribution in [1.82, 2.24) is 0 Å². The number of hydrogen-bond donors (Lipinski definition) is 2. The third kappa shape index (κ3) is 10.2. The van der Waals surface area contributed by atoms with Gasteiger partial charge in [-0.3, -0.25) is 0 Å². The van der Waals surface area contributed by atoms with Crippen LogP contribution in [0.1, 0.15) is 11.1 Å². The summed E-state index contributed by atoms with van der Waals surface area (Å²) in [5.41, 5.74) is 3.41. The van der Waals surface area contributed by atoms with Crippen molar-refractivity contribution in [2.24, 2.45) is 0 Å². The monoisotopic (exact) mass is 1070 g/mol. The van der Waals surface area contributed by atoms with Crippen molar-refractivity contribution in [2.75, 3.05) is 0 Å². The molecule has 0 aliphatic carbocycles. The van der Waals surface area contributed by atoms with Gasteiger partial charge in [0.25, 0.3) is 0 Å². The van der Waals surface area contributed by atoms with Gasteiger partial charge in [-0.2, -0.15) is 49.2 Å². The first-order valence-electron chi connectivity index (χ1n) is 25.0. The molecule has 0 aromatic heterocycles. The molecule has 0 aliphatic heterocycles. The Morgan fingerprint density at radius 1 is 0.253 bits per heavy atom. The molecule has 0 saturated carbocycles. The third-order valence-corrected chi connectivity index (χ3v) is 23.6. The molecule has 12 rings (SSSR count). The molecule has 0 atom stereocenters. The topological polar surface area (TPSA) is 40.5 Å². The van der Waals surface area contributed by atoms with E-state index >= 15 is 0 Å². The summed E-state index contributed by atoms with van der Waals surface area (Å²) >= 11 is 0. The molecule has 0 saturated heterocycles. The average Bonchev–Trinajstić information content (AvgIpc) is 3.47. The maximum absolute atomic E-state index is 13.6. The summed E-state index contributed by atoms with van der Waals surface area (Å²) in [6, 6.07) is 105. The second-order valence-corrected chi connectivity index (χ2v) is 25.9. The molecule has 2 N–H and O–H groups in total. The van der Waals surface area contributed by atoms with Gasteiger partial charge in [-0.25, -0.2) is 0 Å². The molecule has 0 radical (unpaired) electrons. The van der Waals surface area contributed by atoms with E-state index in [2.05, 4.69) is 244 Å². The second-order valence-electron chi connectivity index (χ2n) is 18.4. The largest absolute Gasteiger partial charge is 2.00 e. The predicted molar refractivity (Wildman–Crippen MR) is 319 cm³/mol. The summed E-state index contributed by atoms with van der Waals surface area (Å²) in [6.45, 7) is 7.44. The fourth-order valence-corrected chi connectivity index (χ4v) is 20.5. The molecule has 0 fully saturated rings. The smallest absolute Gasteiger partial charge is 0.507 e. The molecule has 12 aromatic rings. The summed E-state index contributed by atoms with van der Waals surface area (Å²) in [5, 5.41) is 39.7. The molecule has 0 bridgehead atoms. The van der Waals surface area contributed by atoms with Gasteiger partial charge in [0.05, 0.1) is 0 Å². The maximum Gasteiger partial charge on any atom is 2.00 e. The minimum atomic E-state index is -3.24. The van der Waals surface area contributed by atoms with Crippen LogP contribution >= 0.6 is 0 Å². The first-order chi connectivity index (χ1) is 36.4. The Morgan fingerprint density at radius 2 is 0.453 bits per heavy atom. The zero-order valence-electron chi connectivity index (χ0n) is 41.7. The number of fused-ring (bicyclic) bond motifs is 2. The van der Waals surface area contributed by atoms with E-state index in [1.165, 1.54) is 0 Å². The standard InChI is InChI=1S/C56H42O2Si2.2C7H7.Zr/c57-55-51(59(43-25-7-1-8-26-43,44-27-9-2-10-28-44)45-29-11-3-12-30-45)39-41-23-19-21-37-49(41)53(55)54-50-38-22-20-24-42(50)40-52(56(54)58)60(46-31-13-4-14-32-46,47-33-15-5-16-34-47)48-35-17-6-18-36-48;2*1-7-5-3-2-4-6-7;/h1-40,57-58H;2*2-6H,1H2;/q;2*-1;+2. The van der Waals surface area contributed by atoms with Crippen LogP contribution in [0.15, 0.2) is 303 Å². The molecule has 12 aromatic carbocycles. The van der Waals surface area contributed by atoms with Crippen LogP contribution in [-0.4, -0.2) is 26.4 Å². The molecule has 5 heteroatoms. The number of phenols is 2. The van der Waals surface area contributed by atoms with Gasteiger partial charge in [0, 0.05) is 11.1 Å². The van der Waals surface area contributed by atoms with Gasteiger partial charge >= 0.3 is 26.2 Å². The molecule has 75 heavy (non-hydrogen) atoms. The van der Waals surface area contributed by atoms with Crippen LogP contribution in [0.4, 0.5) is 0 Å². The van der Waals surface area contributed by atoms with Gasteiger partial charge in [0.2, 0.25) is 0 Å². The molecule has 0 heterocycles. The third-order valence-electron chi connectivity index (χ3n) is 14.0. The fourth-order valence-electron chi connectivity index (χ4n) is 10.8. The maximum atomic E-state index is 13.6. The van der Waals surface area contributed by atoms with Crippen molar-refractivity contribution in [3.63, 3.8) is 0 Å². The number of hydrogen-bond acceptors (Lipinski definition) is 2. The van der Waals surface area contributed by atoms with E-state index in [1.807, 2.05) is 72.8 Å². The summed E-state index contributed by atoms with van der Waals surface area (Å²) in [7, 11) is -6.48. The van der Waals surface area contributed by atoms with Gasteiger partial charge < -0.3 is 10.2 Å². The van der Waals surface area contributed by atoms with Crippen molar-refractivity contribution in [3.8, 4) is 22.6 Å². The molecule has 0 aliphatic rings. The number of phenolic OH excluding ortho intramolecular Hbond substituents is 2. The number of aromatic hydroxyl groups is 2. The molecule has 0 unspecified atom stereocenters. The molecule has 360 valence electrons. The van der Waals surface area contributed by atoms with E-state index in [0.717, 1.165) is 74.2 Å². The van der Waals surface area contributed by atoms with E-state index < -0.39 is 16.1 Å². The normalized spacial score (nSPS) is 11.0. The summed E-state index contributed by atoms with van der Waals surface area (Å²) < 4.78 is 0. The van der Waals surface area contributed by atoms with E-state index in [4.69, 9.17) is 0 Å². The quantitative estimate of drug-likeness (QED) is 0.0859. The van der Waals surface area contributed by atoms with Crippen LogP contribution in [0.3, 0.4) is 0 Å². The van der Waals surface area contributed by atoms with Crippen LogP contribution < -0.4 is 41.5 Å². The van der Waals surface area contributed by atoms with Crippen LogP contribution in [0.2, 0.25) is 0 Å². The summed E-state index contributed by atoms with van der Waals surface area (Å²) in [6.07, 6.45) is 0. The Hall–Kier alpha value is -8.18. The molecule has 2 nitrogen and oxygen atoms in total. The van der Waals surface area contributed by atoms with E-state index in [0.29, 0.717) is 11.1 Å². The number of rotatable bonds is 9. The minimum Gasteiger partial charge on any atom is -0.507 e. The van der Waals surface area contributed by atoms with Crippen LogP contribution in [-0.2, 0) is 26.2 Å². The van der Waals surface area contributed by atoms with Crippen molar-refractivity contribution >= 4 is 79.2 Å². The molecular formula is C70H56O2Si2Zr. The fraction of sp³-hybridized carbons (Fsp3) is 0. The Bertz CT molecular complexity index is 3290. The van der Waals surface area contributed by atoms with Gasteiger partial charge in [0.1, 0.15) is 11.5 Å². The predicted octanol–water partition coefficient (Wildman–Crippen LogP) is 11.6. The first kappa shape index (κ1) is 51.7. The van der Waals surface area contributed by atoms with Gasteiger partial charge in [-0.15, -0.1) is 24.3 Å². The first-order valence-corrected chi connectivity index (χ1v) is 29.0. The van der Waals surface area contributed by atoms with Crippen molar-refractivity contribution in [3.05, 3.63) is 328 Å². The zero-order valence-corrected chi connectivity index (χ0v) is 46.1. The second kappa shape index (κ2) is 23.8. The zero-order chi connectivity index (χ0) is 50.7. The average molecular weight is 1080 g/mol. The van der Waals surface area contributed by atoms with E-state index in [-0.39, 0.29) is 37.7 Å². The van der Waals surface area contributed by atoms with E-state index in [1.54, 1.807) is 0 Å². The van der Waals surface area contributed by atoms with Gasteiger partial charge in [0.15, 0.2) is 16.1 Å². The molecular weight excluding hydrogens is 1020 g/mol. The van der Waals surface area contributed by atoms with Crippen LogP contribution in [0.25, 0.3) is 32.7 Å². The van der Waals surface area contributed by atoms with Gasteiger partial charge in [-0.05, 0) is 63.0 Å². The Labute approximate surface area is 463 Å². The number of benzene rings is 12.